The number of unbranched alkanes of at least 4 members (excludes halogenated alkanes) is 5. The highest BCUT2D eigenvalue weighted by molar-refractivity contribution is 6.08. The monoisotopic (exact) mass is 510 g/mol. The molecule has 1 saturated carbocycles. The summed E-state index contributed by atoms with van der Waals surface area (Å²) >= 11 is 0. The van der Waals surface area contributed by atoms with E-state index in [1.54, 1.807) is 11.0 Å². The highest BCUT2D eigenvalue weighted by Gasteiger charge is 2.44. The number of rotatable bonds is 9. The van der Waals surface area contributed by atoms with Gasteiger partial charge in [0.15, 0.2) is 0 Å². The number of pyridine rings is 1. The fraction of sp³-hybridized carbons (Fsp3) is 0.571. The first-order chi connectivity index (χ1) is 17.7. The molecule has 2 aliphatic rings. The smallest absolute Gasteiger partial charge is 0.308 e. The van der Waals surface area contributed by atoms with Crippen LogP contribution in [0.15, 0.2) is 12.3 Å². The summed E-state index contributed by atoms with van der Waals surface area (Å²) in [6.45, 7) is 0.574. The third-order valence-corrected chi connectivity index (χ3v) is 7.43. The number of alkyl halides is 2. The number of halogens is 2. The zero-order valence-electron chi connectivity index (χ0n) is 21.1. The minimum Gasteiger partial charge on any atom is -0.481 e. The van der Waals surface area contributed by atoms with Crippen LogP contribution in [-0.4, -0.2) is 50.4 Å². The number of aromatic nitrogens is 2. The van der Waals surface area contributed by atoms with Gasteiger partial charge in [-0.25, -0.2) is 13.8 Å². The summed E-state index contributed by atoms with van der Waals surface area (Å²) < 4.78 is 27.6. The molecule has 1 N–H and O–H groups in total. The average molecular weight is 511 g/mol. The van der Waals surface area contributed by atoms with Crippen LogP contribution in [0.4, 0.5) is 8.78 Å². The van der Waals surface area contributed by atoms with Crippen molar-refractivity contribution in [1.29, 1.82) is 5.26 Å². The van der Waals surface area contributed by atoms with Crippen molar-refractivity contribution >= 4 is 22.9 Å². The molecular formula is C28H32F2N4O3. The summed E-state index contributed by atoms with van der Waals surface area (Å²) in [5, 5.41) is 19.3. The SMILES string of the molecule is Cn1c(CCCCCCCC#CC2CC(F)(F)C2)c(C(=O)N2CC[C@H](C(=O)O)C2)c2cc(C#N)cnc21. The van der Waals surface area contributed by atoms with Crippen molar-refractivity contribution in [2.24, 2.45) is 18.9 Å². The van der Waals surface area contributed by atoms with Crippen LogP contribution < -0.4 is 0 Å². The number of aryl methyl sites for hydroxylation is 1. The van der Waals surface area contributed by atoms with Gasteiger partial charge >= 0.3 is 5.97 Å². The van der Waals surface area contributed by atoms with E-state index in [9.17, 15) is 28.7 Å². The summed E-state index contributed by atoms with van der Waals surface area (Å²) in [4.78, 5) is 31.0. The highest BCUT2D eigenvalue weighted by atomic mass is 19.3. The number of aliphatic carboxylic acids is 1. The first kappa shape index (κ1) is 26.6. The minimum absolute atomic E-state index is 0.107. The molecule has 1 aliphatic carbocycles. The maximum atomic E-state index is 13.6. The van der Waals surface area contributed by atoms with Gasteiger partial charge in [0.1, 0.15) is 11.7 Å². The number of hydrogen-bond acceptors (Lipinski definition) is 4. The van der Waals surface area contributed by atoms with E-state index in [2.05, 4.69) is 22.9 Å². The highest BCUT2D eigenvalue weighted by Crippen LogP contribution is 2.41. The predicted octanol–water partition coefficient (Wildman–Crippen LogP) is 4.92. The normalized spacial score (nSPS) is 18.8. The Bertz CT molecular complexity index is 1280. The van der Waals surface area contributed by atoms with E-state index >= 15 is 0 Å². The van der Waals surface area contributed by atoms with Crippen LogP contribution in [0, 0.1) is 35.0 Å². The zero-order chi connectivity index (χ0) is 26.6. The largest absolute Gasteiger partial charge is 0.481 e. The number of hydrogen-bond donors (Lipinski definition) is 1. The van der Waals surface area contributed by atoms with E-state index in [0.717, 1.165) is 44.2 Å². The summed E-state index contributed by atoms with van der Waals surface area (Å²) in [6, 6.07) is 3.78. The number of nitrogens with zero attached hydrogens (tertiary/aromatic N) is 4. The lowest BCUT2D eigenvalue weighted by molar-refractivity contribution is -0.141. The molecule has 0 unspecified atom stereocenters. The molecule has 0 spiro atoms. The fourth-order valence-electron chi connectivity index (χ4n) is 5.27. The van der Waals surface area contributed by atoms with Gasteiger partial charge in [-0.2, -0.15) is 5.26 Å². The van der Waals surface area contributed by atoms with Gasteiger partial charge in [0, 0.05) is 62.6 Å². The van der Waals surface area contributed by atoms with Gasteiger partial charge in [-0.15, -0.1) is 5.92 Å². The number of fused-ring (bicyclic) bond motifs is 1. The lowest BCUT2D eigenvalue weighted by atomic mass is 9.82. The van der Waals surface area contributed by atoms with Gasteiger partial charge < -0.3 is 14.6 Å². The standard InChI is InChI=1S/C28H32F2N4O3/c1-33-23(10-8-6-4-2-3-5-7-9-19-14-28(29,30)15-19)24(22-13-20(16-31)17-32-25(22)33)26(35)34-12-11-21(18-34)27(36)37/h13,17,19,21H,2-6,8,10-12,14-15,18H2,1H3,(H,36,37)/t21-/m0/s1. The van der Waals surface area contributed by atoms with Crippen LogP contribution >= 0.6 is 0 Å². The maximum Gasteiger partial charge on any atom is 0.308 e. The van der Waals surface area contributed by atoms with Crippen LogP contribution in [-0.2, 0) is 18.3 Å². The Morgan fingerprint density at radius 3 is 2.62 bits per heavy atom. The number of carbonyl (C=O) groups excluding carboxylic acids is 1. The summed E-state index contributed by atoms with van der Waals surface area (Å²) in [5.74, 6) is 1.66. The Morgan fingerprint density at radius 2 is 1.95 bits per heavy atom. The molecular weight excluding hydrogens is 478 g/mol. The molecule has 1 saturated heterocycles. The lowest BCUT2D eigenvalue weighted by Crippen LogP contribution is -2.34. The Morgan fingerprint density at radius 1 is 1.22 bits per heavy atom. The molecule has 4 rings (SSSR count). The third kappa shape index (κ3) is 6.10. The van der Waals surface area contributed by atoms with Crippen molar-refractivity contribution < 1.29 is 23.5 Å². The number of carboxylic acids is 1. The molecule has 0 aromatic carbocycles. The molecule has 0 radical (unpaired) electrons. The van der Waals surface area contributed by atoms with Crippen LogP contribution in [0.1, 0.15) is 79.4 Å². The van der Waals surface area contributed by atoms with Crippen molar-refractivity contribution in [2.75, 3.05) is 13.1 Å². The molecule has 196 valence electrons. The van der Waals surface area contributed by atoms with E-state index in [4.69, 9.17) is 0 Å². The maximum absolute atomic E-state index is 13.6. The molecule has 2 aromatic heterocycles. The zero-order valence-corrected chi connectivity index (χ0v) is 21.1. The molecule has 1 amide bonds. The Kier molecular flexibility index (Phi) is 8.12. The minimum atomic E-state index is -2.52. The molecule has 1 aliphatic heterocycles. The van der Waals surface area contributed by atoms with Crippen LogP contribution in [0.3, 0.4) is 0 Å². The number of likely N-dealkylation sites (tertiary alicyclic amines) is 1. The summed E-state index contributed by atoms with van der Waals surface area (Å²) in [7, 11) is 1.87. The van der Waals surface area contributed by atoms with Crippen molar-refractivity contribution in [3.05, 3.63) is 29.1 Å². The van der Waals surface area contributed by atoms with Crippen molar-refractivity contribution in [2.45, 2.75) is 70.1 Å². The van der Waals surface area contributed by atoms with Gasteiger partial charge in [0.05, 0.1) is 17.0 Å². The molecule has 1 atom stereocenters. The molecule has 3 heterocycles. The van der Waals surface area contributed by atoms with E-state index < -0.39 is 17.8 Å². The second kappa shape index (κ2) is 11.3. The number of nitriles is 1. The first-order valence-electron chi connectivity index (χ1n) is 13.0. The molecule has 2 fully saturated rings. The van der Waals surface area contributed by atoms with Crippen molar-refractivity contribution in [1.82, 2.24) is 14.5 Å². The molecule has 2 aromatic rings. The molecule has 7 nitrogen and oxygen atoms in total. The Hall–Kier alpha value is -3.46. The molecule has 0 bridgehead atoms. The van der Waals surface area contributed by atoms with E-state index in [-0.39, 0.29) is 31.2 Å². The van der Waals surface area contributed by atoms with Crippen LogP contribution in [0.5, 0.6) is 0 Å². The lowest BCUT2D eigenvalue weighted by Gasteiger charge is -2.31. The quantitative estimate of drug-likeness (QED) is 0.381. The predicted molar refractivity (Wildman–Crippen MR) is 134 cm³/mol. The van der Waals surface area contributed by atoms with Crippen molar-refractivity contribution in [3.8, 4) is 17.9 Å². The molecule has 9 heteroatoms. The van der Waals surface area contributed by atoms with Gasteiger partial charge in [-0.1, -0.05) is 25.2 Å². The Labute approximate surface area is 215 Å². The molecule has 37 heavy (non-hydrogen) atoms. The van der Waals surface area contributed by atoms with Gasteiger partial charge in [-0.3, -0.25) is 9.59 Å². The van der Waals surface area contributed by atoms with Gasteiger partial charge in [-0.05, 0) is 31.7 Å². The Balaban J connectivity index is 1.36. The number of carbonyl (C=O) groups is 2. The second-order valence-corrected chi connectivity index (χ2v) is 10.2. The van der Waals surface area contributed by atoms with Crippen molar-refractivity contribution in [3.63, 3.8) is 0 Å². The van der Waals surface area contributed by atoms with E-state index in [1.807, 2.05) is 11.6 Å². The third-order valence-electron chi connectivity index (χ3n) is 7.43. The number of carboxylic acid groups (broad SMARTS) is 1. The number of amides is 1. The van der Waals surface area contributed by atoms with Gasteiger partial charge in [0.25, 0.3) is 11.8 Å². The van der Waals surface area contributed by atoms with Crippen LogP contribution in [0.2, 0.25) is 0 Å². The average Bonchev–Trinajstić information content (AvgIpc) is 3.45. The van der Waals surface area contributed by atoms with E-state index in [1.165, 1.54) is 6.20 Å². The van der Waals surface area contributed by atoms with E-state index in [0.29, 0.717) is 41.5 Å². The first-order valence-corrected chi connectivity index (χ1v) is 13.0. The fourth-order valence-corrected chi connectivity index (χ4v) is 5.27. The van der Waals surface area contributed by atoms with Gasteiger partial charge in [0.2, 0.25) is 0 Å². The second-order valence-electron chi connectivity index (χ2n) is 10.2. The summed E-state index contributed by atoms with van der Waals surface area (Å²) in [5.41, 5.74) is 2.38. The van der Waals surface area contributed by atoms with Crippen LogP contribution in [0.25, 0.3) is 11.0 Å². The summed E-state index contributed by atoms with van der Waals surface area (Å²) in [6.07, 6.45) is 7.91. The topological polar surface area (TPSA) is 99.2 Å².